The monoisotopic (exact) mass is 430 g/mol. The highest BCUT2D eigenvalue weighted by Crippen LogP contribution is 2.34. The van der Waals surface area contributed by atoms with Crippen LogP contribution in [0.15, 0.2) is 54.7 Å². The van der Waals surface area contributed by atoms with Crippen LogP contribution in [-0.2, 0) is 12.6 Å². The number of hydrogen-bond donors (Lipinski definition) is 1. The van der Waals surface area contributed by atoms with Gasteiger partial charge in [0.2, 0.25) is 0 Å². The second-order valence-electron chi connectivity index (χ2n) is 6.70. The Morgan fingerprint density at radius 3 is 2.63 bits per heavy atom. The third kappa shape index (κ3) is 4.06. The minimum absolute atomic E-state index is 0.203. The van der Waals surface area contributed by atoms with Crippen LogP contribution in [-0.4, -0.2) is 27.2 Å². The molecule has 1 amide bonds. The van der Waals surface area contributed by atoms with Gasteiger partial charge in [-0.15, -0.1) is 11.3 Å². The highest BCUT2D eigenvalue weighted by Gasteiger charge is 2.33. The Labute approximate surface area is 174 Å². The lowest BCUT2D eigenvalue weighted by molar-refractivity contribution is -0.140. The average Bonchev–Trinajstić information content (AvgIpc) is 3.32. The Balaban J connectivity index is 1.42. The van der Waals surface area contributed by atoms with Crippen molar-refractivity contribution in [3.05, 3.63) is 76.6 Å². The van der Waals surface area contributed by atoms with Gasteiger partial charge in [-0.1, -0.05) is 18.2 Å². The quantitative estimate of drug-likeness (QED) is 0.496. The Hall–Kier alpha value is -3.20. The van der Waals surface area contributed by atoms with Crippen molar-refractivity contribution >= 4 is 27.5 Å². The SMILES string of the molecule is Cc1c(C(=O)NCCc2ccn(-c3ccccc3)n2)sc2nc(C(F)(F)F)ccc12. The summed E-state index contributed by atoms with van der Waals surface area (Å²) in [6.07, 6.45) is -2.13. The third-order valence-corrected chi connectivity index (χ3v) is 5.83. The molecule has 3 heterocycles. The fourth-order valence-electron chi connectivity index (χ4n) is 3.08. The number of halogens is 3. The fourth-order valence-corrected chi connectivity index (χ4v) is 4.17. The van der Waals surface area contributed by atoms with E-state index in [-0.39, 0.29) is 10.7 Å². The zero-order valence-corrected chi connectivity index (χ0v) is 16.7. The normalized spacial score (nSPS) is 11.7. The number of carbonyl (C=O) groups excluding carboxylic acids is 1. The number of fused-ring (bicyclic) bond motifs is 1. The van der Waals surface area contributed by atoms with Gasteiger partial charge < -0.3 is 5.32 Å². The number of nitrogens with zero attached hydrogens (tertiary/aromatic N) is 3. The number of alkyl halides is 3. The van der Waals surface area contributed by atoms with Crippen LogP contribution in [0.4, 0.5) is 13.2 Å². The predicted octanol–water partition coefficient (Wildman–Crippen LogP) is 4.78. The molecule has 1 aromatic carbocycles. The lowest BCUT2D eigenvalue weighted by Crippen LogP contribution is -2.25. The molecule has 0 atom stereocenters. The molecule has 9 heteroatoms. The molecule has 0 aliphatic carbocycles. The highest BCUT2D eigenvalue weighted by atomic mass is 32.1. The van der Waals surface area contributed by atoms with E-state index >= 15 is 0 Å². The zero-order chi connectivity index (χ0) is 21.3. The molecule has 0 fully saturated rings. The zero-order valence-electron chi connectivity index (χ0n) is 15.9. The Bertz CT molecular complexity index is 1200. The number of aryl methyl sites for hydroxylation is 1. The van der Waals surface area contributed by atoms with Crippen molar-refractivity contribution in [2.24, 2.45) is 0 Å². The first kappa shape index (κ1) is 20.1. The maximum atomic E-state index is 12.9. The number of amides is 1. The van der Waals surface area contributed by atoms with Gasteiger partial charge in [0.25, 0.3) is 5.91 Å². The highest BCUT2D eigenvalue weighted by molar-refractivity contribution is 7.20. The van der Waals surface area contributed by atoms with Gasteiger partial charge in [0.1, 0.15) is 10.5 Å². The number of para-hydroxylation sites is 1. The molecule has 0 bridgehead atoms. The summed E-state index contributed by atoms with van der Waals surface area (Å²) in [5.41, 5.74) is 1.43. The molecule has 1 N–H and O–H groups in total. The Morgan fingerprint density at radius 1 is 1.13 bits per heavy atom. The van der Waals surface area contributed by atoms with Crippen molar-refractivity contribution in [1.82, 2.24) is 20.1 Å². The second-order valence-corrected chi connectivity index (χ2v) is 7.70. The Morgan fingerprint density at radius 2 is 1.90 bits per heavy atom. The summed E-state index contributed by atoms with van der Waals surface area (Å²) in [5.74, 6) is -0.327. The third-order valence-electron chi connectivity index (χ3n) is 4.63. The number of rotatable bonds is 5. The van der Waals surface area contributed by atoms with E-state index in [9.17, 15) is 18.0 Å². The first-order valence-electron chi connectivity index (χ1n) is 9.18. The molecule has 0 aliphatic heterocycles. The number of hydrogen-bond acceptors (Lipinski definition) is 4. The molecular weight excluding hydrogens is 413 g/mol. The van der Waals surface area contributed by atoms with Crippen molar-refractivity contribution in [3.63, 3.8) is 0 Å². The number of pyridine rings is 1. The molecule has 4 aromatic rings. The summed E-state index contributed by atoms with van der Waals surface area (Å²) in [6.45, 7) is 2.07. The van der Waals surface area contributed by atoms with Crippen molar-refractivity contribution in [1.29, 1.82) is 0 Å². The van der Waals surface area contributed by atoms with Crippen molar-refractivity contribution in [2.45, 2.75) is 19.5 Å². The number of benzene rings is 1. The van der Waals surface area contributed by atoms with Gasteiger partial charge in [0, 0.05) is 24.5 Å². The van der Waals surface area contributed by atoms with Crippen LogP contribution in [0.2, 0.25) is 0 Å². The lowest BCUT2D eigenvalue weighted by atomic mass is 10.1. The lowest BCUT2D eigenvalue weighted by Gasteiger charge is -2.04. The summed E-state index contributed by atoms with van der Waals surface area (Å²) in [6, 6.07) is 13.9. The van der Waals surface area contributed by atoms with Crippen LogP contribution in [0.5, 0.6) is 0 Å². The van der Waals surface area contributed by atoms with Crippen molar-refractivity contribution < 1.29 is 18.0 Å². The van der Waals surface area contributed by atoms with Gasteiger partial charge >= 0.3 is 6.18 Å². The largest absolute Gasteiger partial charge is 0.433 e. The van der Waals surface area contributed by atoms with E-state index in [2.05, 4.69) is 15.4 Å². The maximum absolute atomic E-state index is 12.9. The van der Waals surface area contributed by atoms with Gasteiger partial charge in [-0.25, -0.2) is 9.67 Å². The standard InChI is InChI=1S/C21H17F3N4OS/c1-13-16-7-8-17(21(22,23)24)26-20(16)30-18(13)19(29)25-11-9-14-10-12-28(27-14)15-5-3-2-4-6-15/h2-8,10,12H,9,11H2,1H3,(H,25,29). The van der Waals surface area contributed by atoms with Crippen molar-refractivity contribution in [2.75, 3.05) is 6.54 Å². The number of nitrogens with one attached hydrogen (secondary N) is 1. The molecule has 5 nitrogen and oxygen atoms in total. The molecule has 4 rings (SSSR count). The minimum atomic E-state index is -4.52. The molecule has 0 unspecified atom stereocenters. The predicted molar refractivity (Wildman–Crippen MR) is 109 cm³/mol. The average molecular weight is 430 g/mol. The fraction of sp³-hybridized carbons (Fsp3) is 0.190. The molecule has 0 spiro atoms. The molecule has 0 saturated carbocycles. The maximum Gasteiger partial charge on any atom is 0.433 e. The van der Waals surface area contributed by atoms with Crippen LogP contribution in [0, 0.1) is 6.92 Å². The van der Waals surface area contributed by atoms with E-state index in [1.165, 1.54) is 6.07 Å². The second kappa shape index (κ2) is 7.91. The van der Waals surface area contributed by atoms with E-state index < -0.39 is 11.9 Å². The van der Waals surface area contributed by atoms with E-state index in [0.29, 0.717) is 28.8 Å². The number of thiophene rings is 1. The first-order valence-corrected chi connectivity index (χ1v) is 10.00. The molecule has 0 radical (unpaired) electrons. The van der Waals surface area contributed by atoms with Gasteiger partial charge in [-0.2, -0.15) is 18.3 Å². The minimum Gasteiger partial charge on any atom is -0.351 e. The molecule has 3 aromatic heterocycles. The van der Waals surface area contributed by atoms with Crippen LogP contribution in [0.25, 0.3) is 15.9 Å². The molecule has 30 heavy (non-hydrogen) atoms. The topological polar surface area (TPSA) is 59.8 Å². The van der Waals surface area contributed by atoms with Crippen LogP contribution in [0.1, 0.15) is 26.6 Å². The van der Waals surface area contributed by atoms with Crippen LogP contribution < -0.4 is 5.32 Å². The molecule has 0 aliphatic rings. The molecular formula is C21H17F3N4OS. The summed E-state index contributed by atoms with van der Waals surface area (Å²) < 4.78 is 40.4. The van der Waals surface area contributed by atoms with E-state index in [1.54, 1.807) is 11.6 Å². The summed E-state index contributed by atoms with van der Waals surface area (Å²) in [5, 5.41) is 7.86. The number of aromatic nitrogens is 3. The summed E-state index contributed by atoms with van der Waals surface area (Å²) in [4.78, 5) is 16.8. The van der Waals surface area contributed by atoms with E-state index in [4.69, 9.17) is 0 Å². The molecule has 154 valence electrons. The van der Waals surface area contributed by atoms with E-state index in [1.807, 2.05) is 42.6 Å². The smallest absolute Gasteiger partial charge is 0.351 e. The Kier molecular flexibility index (Phi) is 5.29. The van der Waals surface area contributed by atoms with E-state index in [0.717, 1.165) is 28.8 Å². The van der Waals surface area contributed by atoms with Gasteiger partial charge in [0.05, 0.1) is 16.3 Å². The van der Waals surface area contributed by atoms with Gasteiger partial charge in [-0.3, -0.25) is 4.79 Å². The van der Waals surface area contributed by atoms with Gasteiger partial charge in [0.15, 0.2) is 0 Å². The van der Waals surface area contributed by atoms with Crippen molar-refractivity contribution in [3.8, 4) is 5.69 Å². The van der Waals surface area contributed by atoms with Gasteiger partial charge in [-0.05, 0) is 42.8 Å². The summed E-state index contributed by atoms with van der Waals surface area (Å²) in [7, 11) is 0. The first-order chi connectivity index (χ1) is 14.3. The van der Waals surface area contributed by atoms with Crippen LogP contribution >= 0.6 is 11.3 Å². The summed E-state index contributed by atoms with van der Waals surface area (Å²) >= 11 is 0.967. The molecule has 0 saturated heterocycles. The van der Waals surface area contributed by atoms with Crippen LogP contribution in [0.3, 0.4) is 0 Å². The number of carbonyl (C=O) groups is 1.